The largest absolute Gasteiger partial charge is 0.497 e. The van der Waals surface area contributed by atoms with E-state index < -0.39 is 5.60 Å². The second-order valence-electron chi connectivity index (χ2n) is 6.12. The van der Waals surface area contributed by atoms with E-state index in [1.165, 1.54) is 0 Å². The van der Waals surface area contributed by atoms with E-state index in [4.69, 9.17) is 9.47 Å². The van der Waals surface area contributed by atoms with Crippen LogP contribution >= 0.6 is 0 Å². The zero-order valence-electron chi connectivity index (χ0n) is 13.2. The monoisotopic (exact) mass is 289 g/mol. The maximum absolute atomic E-state index is 11.9. The van der Waals surface area contributed by atoms with E-state index in [0.29, 0.717) is 0 Å². The van der Waals surface area contributed by atoms with Crippen molar-refractivity contribution in [3.63, 3.8) is 0 Å². The first-order chi connectivity index (χ1) is 9.89. The molecule has 0 radical (unpaired) electrons. The number of allylic oxidation sites excluding steroid dienone is 1. The number of carbonyl (C=O) groups excluding carboxylic acids is 1. The van der Waals surface area contributed by atoms with E-state index in [9.17, 15) is 4.79 Å². The number of ether oxygens (including phenoxy) is 2. The molecule has 0 atom stereocenters. The standard InChI is InChI=1S/C17H23NO3/c1-17(2,3)21-16(19)12-14-6-5-11-18(14)13-7-9-15(20-4)10-8-13/h7-10,12H,5-6,11H2,1-4H3/b14-12+. The summed E-state index contributed by atoms with van der Waals surface area (Å²) in [5.41, 5.74) is 1.62. The van der Waals surface area contributed by atoms with E-state index in [-0.39, 0.29) is 5.97 Å². The van der Waals surface area contributed by atoms with Crippen LogP contribution in [0.1, 0.15) is 33.6 Å². The van der Waals surface area contributed by atoms with Gasteiger partial charge in [0.15, 0.2) is 0 Å². The fourth-order valence-corrected chi connectivity index (χ4v) is 2.37. The molecule has 114 valence electrons. The summed E-state index contributed by atoms with van der Waals surface area (Å²) >= 11 is 0. The molecule has 0 bridgehead atoms. The number of hydrogen-bond acceptors (Lipinski definition) is 4. The van der Waals surface area contributed by atoms with Crippen LogP contribution in [-0.4, -0.2) is 25.2 Å². The van der Waals surface area contributed by atoms with Gasteiger partial charge in [-0.2, -0.15) is 0 Å². The summed E-state index contributed by atoms with van der Waals surface area (Å²) in [6, 6.07) is 7.87. The first-order valence-electron chi connectivity index (χ1n) is 7.24. The van der Waals surface area contributed by atoms with Crippen LogP contribution < -0.4 is 9.64 Å². The number of anilines is 1. The Morgan fingerprint density at radius 1 is 1.24 bits per heavy atom. The predicted molar refractivity (Wildman–Crippen MR) is 83.5 cm³/mol. The van der Waals surface area contributed by atoms with Crippen LogP contribution in [0.3, 0.4) is 0 Å². The molecule has 1 saturated heterocycles. The summed E-state index contributed by atoms with van der Waals surface area (Å²) in [7, 11) is 1.65. The van der Waals surface area contributed by atoms with Gasteiger partial charge in [0.2, 0.25) is 0 Å². The number of benzene rings is 1. The molecule has 0 spiro atoms. The Morgan fingerprint density at radius 2 is 1.90 bits per heavy atom. The molecule has 1 aromatic carbocycles. The van der Waals surface area contributed by atoms with Gasteiger partial charge in [0.1, 0.15) is 11.4 Å². The zero-order valence-corrected chi connectivity index (χ0v) is 13.2. The normalized spacial score (nSPS) is 17.1. The minimum atomic E-state index is -0.461. The van der Waals surface area contributed by atoms with Crippen LogP contribution in [0.25, 0.3) is 0 Å². The molecule has 0 N–H and O–H groups in total. The molecule has 1 aromatic rings. The van der Waals surface area contributed by atoms with E-state index in [1.807, 2.05) is 45.0 Å². The summed E-state index contributed by atoms with van der Waals surface area (Å²) in [6.07, 6.45) is 3.55. The van der Waals surface area contributed by atoms with Crippen molar-refractivity contribution >= 4 is 11.7 Å². The van der Waals surface area contributed by atoms with Gasteiger partial charge in [-0.1, -0.05) is 0 Å². The number of hydrogen-bond donors (Lipinski definition) is 0. The van der Waals surface area contributed by atoms with Crippen molar-refractivity contribution in [2.24, 2.45) is 0 Å². The Hall–Kier alpha value is -1.97. The first kappa shape index (κ1) is 15.4. The Morgan fingerprint density at radius 3 is 2.48 bits per heavy atom. The number of methoxy groups -OCH3 is 1. The van der Waals surface area contributed by atoms with Gasteiger partial charge in [0.05, 0.1) is 7.11 Å². The van der Waals surface area contributed by atoms with Crippen molar-refractivity contribution < 1.29 is 14.3 Å². The van der Waals surface area contributed by atoms with Crippen LogP contribution in [0.5, 0.6) is 5.75 Å². The van der Waals surface area contributed by atoms with Gasteiger partial charge in [-0.25, -0.2) is 4.79 Å². The first-order valence-corrected chi connectivity index (χ1v) is 7.24. The molecule has 1 aliphatic rings. The van der Waals surface area contributed by atoms with Gasteiger partial charge in [0, 0.05) is 24.0 Å². The summed E-state index contributed by atoms with van der Waals surface area (Å²) in [5.74, 6) is 0.550. The number of nitrogens with zero attached hydrogens (tertiary/aromatic N) is 1. The van der Waals surface area contributed by atoms with Crippen LogP contribution in [0, 0.1) is 0 Å². The minimum Gasteiger partial charge on any atom is -0.497 e. The van der Waals surface area contributed by atoms with Crippen LogP contribution in [0.15, 0.2) is 36.0 Å². The lowest BCUT2D eigenvalue weighted by Gasteiger charge is -2.22. The lowest BCUT2D eigenvalue weighted by molar-refractivity contribution is -0.148. The molecule has 2 rings (SSSR count). The SMILES string of the molecule is COc1ccc(N2CCC/C2=C\C(=O)OC(C)(C)C)cc1. The number of esters is 1. The van der Waals surface area contributed by atoms with Crippen LogP contribution in [-0.2, 0) is 9.53 Å². The minimum absolute atomic E-state index is 0.280. The highest BCUT2D eigenvalue weighted by Gasteiger charge is 2.21. The highest BCUT2D eigenvalue weighted by atomic mass is 16.6. The molecule has 0 amide bonds. The molecular formula is C17H23NO3. The quantitative estimate of drug-likeness (QED) is 0.630. The summed E-state index contributed by atoms with van der Waals surface area (Å²) < 4.78 is 10.5. The molecule has 0 unspecified atom stereocenters. The molecular weight excluding hydrogens is 266 g/mol. The van der Waals surface area contributed by atoms with E-state index >= 15 is 0 Å². The van der Waals surface area contributed by atoms with E-state index in [0.717, 1.165) is 36.5 Å². The number of carbonyl (C=O) groups is 1. The third-order valence-corrected chi connectivity index (χ3v) is 3.24. The van der Waals surface area contributed by atoms with Gasteiger partial charge in [0.25, 0.3) is 0 Å². The molecule has 1 aliphatic heterocycles. The second kappa shape index (κ2) is 6.20. The summed E-state index contributed by atoms with van der Waals surface area (Å²) in [6.45, 7) is 6.54. The lowest BCUT2D eigenvalue weighted by atomic mass is 10.2. The Kier molecular flexibility index (Phi) is 4.56. The highest BCUT2D eigenvalue weighted by molar-refractivity contribution is 5.84. The van der Waals surface area contributed by atoms with Crippen molar-refractivity contribution in [3.8, 4) is 5.75 Å². The van der Waals surface area contributed by atoms with Crippen molar-refractivity contribution in [1.82, 2.24) is 0 Å². The lowest BCUT2D eigenvalue weighted by Crippen LogP contribution is -2.24. The third-order valence-electron chi connectivity index (χ3n) is 3.24. The van der Waals surface area contributed by atoms with Gasteiger partial charge < -0.3 is 14.4 Å². The molecule has 1 fully saturated rings. The molecule has 0 aliphatic carbocycles. The molecule has 0 aromatic heterocycles. The maximum Gasteiger partial charge on any atom is 0.333 e. The Labute approximate surface area is 126 Å². The Balaban J connectivity index is 2.14. The Bertz CT molecular complexity index is 526. The fourth-order valence-electron chi connectivity index (χ4n) is 2.37. The van der Waals surface area contributed by atoms with Gasteiger partial charge >= 0.3 is 5.97 Å². The van der Waals surface area contributed by atoms with Crippen LogP contribution in [0.4, 0.5) is 5.69 Å². The van der Waals surface area contributed by atoms with Crippen molar-refractivity contribution in [1.29, 1.82) is 0 Å². The van der Waals surface area contributed by atoms with E-state index in [1.54, 1.807) is 13.2 Å². The molecule has 0 saturated carbocycles. The van der Waals surface area contributed by atoms with Gasteiger partial charge in [-0.3, -0.25) is 0 Å². The molecule has 4 nitrogen and oxygen atoms in total. The topological polar surface area (TPSA) is 38.8 Å². The molecule has 4 heteroatoms. The van der Waals surface area contributed by atoms with Crippen molar-refractivity contribution in [2.75, 3.05) is 18.6 Å². The smallest absolute Gasteiger partial charge is 0.333 e. The van der Waals surface area contributed by atoms with Crippen molar-refractivity contribution in [3.05, 3.63) is 36.0 Å². The van der Waals surface area contributed by atoms with Gasteiger partial charge in [-0.15, -0.1) is 0 Å². The maximum atomic E-state index is 11.9. The van der Waals surface area contributed by atoms with E-state index in [2.05, 4.69) is 4.90 Å². The summed E-state index contributed by atoms with van der Waals surface area (Å²) in [4.78, 5) is 14.1. The predicted octanol–water partition coefficient (Wildman–Crippen LogP) is 3.52. The highest BCUT2D eigenvalue weighted by Crippen LogP contribution is 2.29. The molecule has 21 heavy (non-hydrogen) atoms. The van der Waals surface area contributed by atoms with Crippen LogP contribution in [0.2, 0.25) is 0 Å². The third kappa shape index (κ3) is 4.25. The second-order valence-corrected chi connectivity index (χ2v) is 6.12. The molecule has 1 heterocycles. The fraction of sp³-hybridized carbons (Fsp3) is 0.471. The van der Waals surface area contributed by atoms with Gasteiger partial charge in [-0.05, 0) is 57.9 Å². The average Bonchev–Trinajstić information content (AvgIpc) is 2.84. The van der Waals surface area contributed by atoms with Crippen molar-refractivity contribution in [2.45, 2.75) is 39.2 Å². The number of rotatable bonds is 3. The summed E-state index contributed by atoms with van der Waals surface area (Å²) in [5, 5.41) is 0. The average molecular weight is 289 g/mol. The zero-order chi connectivity index (χ0) is 15.5.